The molecule has 0 radical (unpaired) electrons. The molecule has 8 heteroatoms. The SMILES string of the molecule is COC(C)CNC(=O)c1cc(S(=O)(=O)Cl)ccc1F. The molecule has 1 unspecified atom stereocenters. The number of halogens is 2. The predicted molar refractivity (Wildman–Crippen MR) is 68.2 cm³/mol. The van der Waals surface area contributed by atoms with Crippen molar-refractivity contribution in [2.45, 2.75) is 17.9 Å². The zero-order valence-electron chi connectivity index (χ0n) is 10.3. The van der Waals surface area contributed by atoms with Crippen LogP contribution in [0.2, 0.25) is 0 Å². The first kappa shape index (κ1) is 15.9. The summed E-state index contributed by atoms with van der Waals surface area (Å²) >= 11 is 0. The summed E-state index contributed by atoms with van der Waals surface area (Å²) in [5.41, 5.74) is -0.384. The summed E-state index contributed by atoms with van der Waals surface area (Å²) in [5.74, 6) is -1.56. The Balaban J connectivity index is 2.96. The number of amides is 1. The van der Waals surface area contributed by atoms with Crippen molar-refractivity contribution >= 4 is 25.6 Å². The molecular weight excluding hydrogens is 297 g/mol. The van der Waals surface area contributed by atoms with Crippen LogP contribution in [0.5, 0.6) is 0 Å². The molecule has 19 heavy (non-hydrogen) atoms. The highest BCUT2D eigenvalue weighted by molar-refractivity contribution is 8.13. The Bertz CT molecular complexity index is 576. The number of methoxy groups -OCH3 is 1. The highest BCUT2D eigenvalue weighted by Gasteiger charge is 2.17. The lowest BCUT2D eigenvalue weighted by Gasteiger charge is -2.11. The molecule has 0 aliphatic rings. The maximum atomic E-state index is 13.5. The quantitative estimate of drug-likeness (QED) is 0.837. The Labute approximate surface area is 115 Å². The Morgan fingerprint density at radius 1 is 1.53 bits per heavy atom. The maximum Gasteiger partial charge on any atom is 0.261 e. The van der Waals surface area contributed by atoms with Crippen LogP contribution in [0.15, 0.2) is 23.1 Å². The summed E-state index contributed by atoms with van der Waals surface area (Å²) in [6, 6.07) is 2.76. The molecule has 1 N–H and O–H groups in total. The first-order valence-corrected chi connectivity index (χ1v) is 7.62. The van der Waals surface area contributed by atoms with E-state index in [1.165, 1.54) is 7.11 Å². The van der Waals surface area contributed by atoms with Gasteiger partial charge in [-0.3, -0.25) is 4.79 Å². The van der Waals surface area contributed by atoms with Crippen molar-refractivity contribution in [3.63, 3.8) is 0 Å². The van der Waals surface area contributed by atoms with E-state index in [0.717, 1.165) is 18.2 Å². The van der Waals surface area contributed by atoms with Gasteiger partial charge in [-0.2, -0.15) is 0 Å². The molecule has 0 spiro atoms. The molecule has 0 aliphatic heterocycles. The van der Waals surface area contributed by atoms with Crippen molar-refractivity contribution in [3.05, 3.63) is 29.6 Å². The molecular formula is C11H13ClFNO4S. The van der Waals surface area contributed by atoms with Gasteiger partial charge in [-0.25, -0.2) is 12.8 Å². The summed E-state index contributed by atoms with van der Waals surface area (Å²) in [6.45, 7) is 1.89. The summed E-state index contributed by atoms with van der Waals surface area (Å²) in [4.78, 5) is 11.4. The standard InChI is InChI=1S/C11H13ClFNO4S/c1-7(18-2)6-14-11(15)9-5-8(19(12,16)17)3-4-10(9)13/h3-5,7H,6H2,1-2H3,(H,14,15). The van der Waals surface area contributed by atoms with Crippen molar-refractivity contribution in [3.8, 4) is 0 Å². The van der Waals surface area contributed by atoms with E-state index in [-0.39, 0.29) is 23.1 Å². The van der Waals surface area contributed by atoms with Gasteiger partial charge in [0.15, 0.2) is 0 Å². The van der Waals surface area contributed by atoms with Gasteiger partial charge in [0.2, 0.25) is 0 Å². The monoisotopic (exact) mass is 309 g/mol. The fourth-order valence-electron chi connectivity index (χ4n) is 1.25. The minimum Gasteiger partial charge on any atom is -0.380 e. The summed E-state index contributed by atoms with van der Waals surface area (Å²) in [6.07, 6.45) is -0.244. The average Bonchev–Trinajstić information content (AvgIpc) is 2.34. The van der Waals surface area contributed by atoms with E-state index >= 15 is 0 Å². The van der Waals surface area contributed by atoms with E-state index in [1.807, 2.05) is 0 Å². The van der Waals surface area contributed by atoms with Gasteiger partial charge in [0.1, 0.15) is 5.82 Å². The molecule has 0 aromatic heterocycles. The van der Waals surface area contributed by atoms with E-state index in [1.54, 1.807) is 6.92 Å². The van der Waals surface area contributed by atoms with Gasteiger partial charge in [-0.15, -0.1) is 0 Å². The highest BCUT2D eigenvalue weighted by atomic mass is 35.7. The van der Waals surface area contributed by atoms with E-state index in [2.05, 4.69) is 5.32 Å². The molecule has 0 saturated heterocycles. The lowest BCUT2D eigenvalue weighted by atomic mass is 10.2. The minimum absolute atomic E-state index is 0.173. The third-order valence-corrected chi connectivity index (χ3v) is 3.77. The summed E-state index contributed by atoms with van der Waals surface area (Å²) in [5, 5.41) is 2.43. The van der Waals surface area contributed by atoms with Gasteiger partial charge in [-0.1, -0.05) is 0 Å². The van der Waals surface area contributed by atoms with Crippen LogP contribution < -0.4 is 5.32 Å². The molecule has 0 fully saturated rings. The molecule has 1 aromatic carbocycles. The second-order valence-electron chi connectivity index (χ2n) is 3.84. The van der Waals surface area contributed by atoms with Crippen LogP contribution in [-0.4, -0.2) is 34.1 Å². The second kappa shape index (κ2) is 6.31. The molecule has 1 aromatic rings. The fraction of sp³-hybridized carbons (Fsp3) is 0.364. The van der Waals surface area contributed by atoms with Crippen LogP contribution in [0.4, 0.5) is 4.39 Å². The first-order chi connectivity index (χ1) is 8.75. The average molecular weight is 310 g/mol. The maximum absolute atomic E-state index is 13.5. The van der Waals surface area contributed by atoms with Gasteiger partial charge in [0.25, 0.3) is 15.0 Å². The molecule has 0 aliphatic carbocycles. The Morgan fingerprint density at radius 3 is 2.68 bits per heavy atom. The van der Waals surface area contributed by atoms with Crippen molar-refractivity contribution in [2.24, 2.45) is 0 Å². The number of benzene rings is 1. The topological polar surface area (TPSA) is 72.5 Å². The Kier molecular flexibility index (Phi) is 5.28. The van der Waals surface area contributed by atoms with Crippen LogP contribution in [0.25, 0.3) is 0 Å². The third-order valence-electron chi connectivity index (χ3n) is 2.42. The van der Waals surface area contributed by atoms with Gasteiger partial charge in [0.05, 0.1) is 16.6 Å². The zero-order chi connectivity index (χ0) is 14.6. The van der Waals surface area contributed by atoms with Crippen LogP contribution in [0.1, 0.15) is 17.3 Å². The molecule has 1 atom stereocenters. The Morgan fingerprint density at radius 2 is 2.16 bits per heavy atom. The van der Waals surface area contributed by atoms with Crippen molar-refractivity contribution in [2.75, 3.05) is 13.7 Å². The lowest BCUT2D eigenvalue weighted by Crippen LogP contribution is -2.32. The molecule has 1 rings (SSSR count). The van der Waals surface area contributed by atoms with Crippen molar-refractivity contribution in [1.82, 2.24) is 5.32 Å². The van der Waals surface area contributed by atoms with E-state index in [0.29, 0.717) is 0 Å². The number of hydrogen-bond donors (Lipinski definition) is 1. The van der Waals surface area contributed by atoms with E-state index < -0.39 is 20.8 Å². The minimum atomic E-state index is -4.01. The highest BCUT2D eigenvalue weighted by Crippen LogP contribution is 2.18. The number of carbonyl (C=O) groups excluding carboxylic acids is 1. The number of hydrogen-bond acceptors (Lipinski definition) is 4. The molecule has 106 valence electrons. The van der Waals surface area contributed by atoms with Gasteiger partial charge < -0.3 is 10.1 Å². The van der Waals surface area contributed by atoms with E-state index in [4.69, 9.17) is 15.4 Å². The summed E-state index contributed by atoms with van der Waals surface area (Å²) < 4.78 is 40.6. The van der Waals surface area contributed by atoms with Crippen molar-refractivity contribution < 1.29 is 22.3 Å². The van der Waals surface area contributed by atoms with E-state index in [9.17, 15) is 17.6 Å². The van der Waals surface area contributed by atoms with Crippen LogP contribution in [0, 0.1) is 5.82 Å². The lowest BCUT2D eigenvalue weighted by molar-refractivity contribution is 0.0866. The summed E-state index contributed by atoms with van der Waals surface area (Å²) in [7, 11) is 2.60. The van der Waals surface area contributed by atoms with Gasteiger partial charge in [-0.05, 0) is 25.1 Å². The number of nitrogens with one attached hydrogen (secondary N) is 1. The third kappa shape index (κ3) is 4.45. The number of ether oxygens (including phenoxy) is 1. The smallest absolute Gasteiger partial charge is 0.261 e. The number of rotatable bonds is 5. The molecule has 0 heterocycles. The number of carbonyl (C=O) groups is 1. The second-order valence-corrected chi connectivity index (χ2v) is 6.40. The van der Waals surface area contributed by atoms with Crippen molar-refractivity contribution in [1.29, 1.82) is 0 Å². The largest absolute Gasteiger partial charge is 0.380 e. The van der Waals surface area contributed by atoms with Gasteiger partial charge in [0, 0.05) is 24.3 Å². The van der Waals surface area contributed by atoms with Crippen LogP contribution in [-0.2, 0) is 13.8 Å². The van der Waals surface area contributed by atoms with Gasteiger partial charge >= 0.3 is 0 Å². The van der Waals surface area contributed by atoms with Crippen LogP contribution >= 0.6 is 10.7 Å². The predicted octanol–water partition coefficient (Wildman–Crippen LogP) is 1.52. The molecule has 0 bridgehead atoms. The Hall–Kier alpha value is -1.18. The first-order valence-electron chi connectivity index (χ1n) is 5.31. The molecule has 0 saturated carbocycles. The van der Waals surface area contributed by atoms with Crippen LogP contribution in [0.3, 0.4) is 0 Å². The zero-order valence-corrected chi connectivity index (χ0v) is 11.9. The normalized spacial score (nSPS) is 13.1. The molecule has 5 nitrogen and oxygen atoms in total. The molecule has 1 amide bonds. The fourth-order valence-corrected chi connectivity index (χ4v) is 2.02.